The Morgan fingerprint density at radius 3 is 2.62 bits per heavy atom. The summed E-state index contributed by atoms with van der Waals surface area (Å²) in [6, 6.07) is 15.8. The van der Waals surface area contributed by atoms with Gasteiger partial charge in [0.1, 0.15) is 17.2 Å². The Bertz CT molecular complexity index is 1290. The van der Waals surface area contributed by atoms with Crippen LogP contribution in [-0.2, 0) is 4.79 Å². The summed E-state index contributed by atoms with van der Waals surface area (Å²) in [6.07, 6.45) is 5.00. The fraction of sp³-hybridized carbons (Fsp3) is 0.185. The van der Waals surface area contributed by atoms with Crippen LogP contribution in [0.2, 0.25) is 0 Å². The highest BCUT2D eigenvalue weighted by Crippen LogP contribution is 2.40. The highest BCUT2D eigenvalue weighted by atomic mass is 16.5. The molecule has 0 bridgehead atoms. The van der Waals surface area contributed by atoms with Gasteiger partial charge in [-0.3, -0.25) is 4.79 Å². The molecule has 1 N–H and O–H groups in total. The third-order valence-electron chi connectivity index (χ3n) is 5.38. The predicted molar refractivity (Wildman–Crippen MR) is 129 cm³/mol. The van der Waals surface area contributed by atoms with Gasteiger partial charge in [0.05, 0.1) is 12.9 Å². The number of nitrogens with one attached hydrogen (secondary N) is 1. The van der Waals surface area contributed by atoms with Gasteiger partial charge in [-0.1, -0.05) is 35.9 Å². The second kappa shape index (κ2) is 9.10. The molecule has 5 nitrogen and oxygen atoms in total. The van der Waals surface area contributed by atoms with Gasteiger partial charge in [-0.2, -0.15) is 0 Å². The molecule has 0 unspecified atom stereocenters. The van der Waals surface area contributed by atoms with E-state index in [2.05, 4.69) is 41.5 Å². The van der Waals surface area contributed by atoms with Crippen LogP contribution in [0.15, 0.2) is 71.5 Å². The van der Waals surface area contributed by atoms with Crippen molar-refractivity contribution in [3.05, 3.63) is 83.8 Å². The number of nitrogens with zero attached hydrogens (tertiary/aromatic N) is 1. The number of aryl methyl sites for hydroxylation is 2. The van der Waals surface area contributed by atoms with Crippen LogP contribution in [0.1, 0.15) is 30.5 Å². The van der Waals surface area contributed by atoms with Gasteiger partial charge in [0.25, 0.3) is 0 Å². The van der Waals surface area contributed by atoms with Gasteiger partial charge in [-0.15, -0.1) is 0 Å². The first-order valence-electron chi connectivity index (χ1n) is 10.6. The van der Waals surface area contributed by atoms with Crippen molar-refractivity contribution in [3.8, 4) is 16.9 Å². The molecule has 2 aromatic carbocycles. The molecule has 0 saturated carbocycles. The Balaban J connectivity index is 1.79. The molecule has 4 rings (SSSR count). The summed E-state index contributed by atoms with van der Waals surface area (Å²) in [5.41, 5.74) is 6.66. The average molecular weight is 427 g/mol. The maximum Gasteiger partial charge on any atom is 0.249 e. The summed E-state index contributed by atoms with van der Waals surface area (Å²) in [6.45, 7) is 8.42. The quantitative estimate of drug-likeness (QED) is 0.355. The first kappa shape index (κ1) is 21.4. The molecule has 0 atom stereocenters. The lowest BCUT2D eigenvalue weighted by atomic mass is 9.96. The van der Waals surface area contributed by atoms with Gasteiger partial charge in [0.2, 0.25) is 5.91 Å². The fourth-order valence-electron chi connectivity index (χ4n) is 3.77. The molecule has 2 aromatic heterocycles. The number of ether oxygens (including phenoxy) is 1. The number of hydrogen-bond donors (Lipinski definition) is 1. The molecular weight excluding hydrogens is 400 g/mol. The summed E-state index contributed by atoms with van der Waals surface area (Å²) in [5.74, 6) is 0.992. The largest absolute Gasteiger partial charge is 0.493 e. The van der Waals surface area contributed by atoms with Gasteiger partial charge in [-0.05, 0) is 57.0 Å². The van der Waals surface area contributed by atoms with Gasteiger partial charge in [0, 0.05) is 34.3 Å². The van der Waals surface area contributed by atoms with Crippen molar-refractivity contribution in [2.75, 3.05) is 11.9 Å². The lowest BCUT2D eigenvalue weighted by Gasteiger charge is -2.15. The maximum absolute atomic E-state index is 12.6. The number of carbonyl (C=O) groups is 1. The van der Waals surface area contributed by atoms with Crippen molar-refractivity contribution >= 4 is 28.3 Å². The van der Waals surface area contributed by atoms with E-state index in [1.54, 1.807) is 30.7 Å². The third kappa shape index (κ3) is 4.28. The predicted octanol–water partition coefficient (Wildman–Crippen LogP) is 6.55. The number of benzene rings is 2. The van der Waals surface area contributed by atoms with E-state index < -0.39 is 0 Å². The molecule has 1 amide bonds. The molecule has 32 heavy (non-hydrogen) atoms. The minimum Gasteiger partial charge on any atom is -0.493 e. The molecule has 0 aliphatic rings. The van der Waals surface area contributed by atoms with Crippen LogP contribution < -0.4 is 10.1 Å². The number of pyridine rings is 1. The average Bonchev–Trinajstić information content (AvgIpc) is 3.21. The number of anilines is 1. The number of furan rings is 1. The molecule has 4 aromatic rings. The van der Waals surface area contributed by atoms with E-state index in [1.165, 1.54) is 5.56 Å². The molecule has 0 aliphatic carbocycles. The van der Waals surface area contributed by atoms with Crippen molar-refractivity contribution in [2.24, 2.45) is 0 Å². The van der Waals surface area contributed by atoms with Crippen LogP contribution in [0.3, 0.4) is 0 Å². The van der Waals surface area contributed by atoms with Crippen molar-refractivity contribution in [2.45, 2.75) is 27.7 Å². The molecule has 0 aliphatic heterocycles. The van der Waals surface area contributed by atoms with Crippen molar-refractivity contribution in [3.63, 3.8) is 0 Å². The minimum atomic E-state index is -0.243. The second-order valence-corrected chi connectivity index (χ2v) is 7.73. The second-order valence-electron chi connectivity index (χ2n) is 7.73. The Morgan fingerprint density at radius 2 is 1.94 bits per heavy atom. The van der Waals surface area contributed by atoms with Crippen LogP contribution in [0.5, 0.6) is 5.75 Å². The first-order chi connectivity index (χ1) is 15.5. The van der Waals surface area contributed by atoms with Gasteiger partial charge in [-0.25, -0.2) is 4.98 Å². The van der Waals surface area contributed by atoms with Crippen LogP contribution in [0.25, 0.3) is 27.7 Å². The molecule has 0 fully saturated rings. The number of amides is 1. The van der Waals surface area contributed by atoms with E-state index in [0.29, 0.717) is 12.4 Å². The highest BCUT2D eigenvalue weighted by molar-refractivity contribution is 6.05. The van der Waals surface area contributed by atoms with Crippen LogP contribution in [-0.4, -0.2) is 17.5 Å². The van der Waals surface area contributed by atoms with Gasteiger partial charge in [0.15, 0.2) is 0 Å². The lowest BCUT2D eigenvalue weighted by Crippen LogP contribution is -2.10. The van der Waals surface area contributed by atoms with E-state index in [4.69, 9.17) is 9.15 Å². The maximum atomic E-state index is 12.6. The zero-order chi connectivity index (χ0) is 22.7. The normalized spacial score (nSPS) is 11.6. The highest BCUT2D eigenvalue weighted by Gasteiger charge is 2.19. The molecular formula is C27H26N2O3. The number of hydrogen-bond acceptors (Lipinski definition) is 4. The molecule has 162 valence electrons. The number of rotatable bonds is 6. The summed E-state index contributed by atoms with van der Waals surface area (Å²) >= 11 is 0. The van der Waals surface area contributed by atoms with Crippen LogP contribution in [0, 0.1) is 13.8 Å². The van der Waals surface area contributed by atoms with Crippen LogP contribution >= 0.6 is 0 Å². The monoisotopic (exact) mass is 426 g/mol. The van der Waals surface area contributed by atoms with E-state index in [0.717, 1.165) is 44.5 Å². The van der Waals surface area contributed by atoms with E-state index in [1.807, 2.05) is 32.9 Å². The Kier molecular flexibility index (Phi) is 6.08. The molecule has 0 saturated heterocycles. The Hall–Kier alpha value is -3.86. The zero-order valence-corrected chi connectivity index (χ0v) is 18.7. The van der Waals surface area contributed by atoms with Crippen molar-refractivity contribution in [1.82, 2.24) is 4.98 Å². The zero-order valence-electron chi connectivity index (χ0n) is 18.7. The Labute approximate surface area is 187 Å². The topological polar surface area (TPSA) is 64.4 Å². The molecule has 0 spiro atoms. The third-order valence-corrected chi connectivity index (χ3v) is 5.38. The molecule has 5 heteroatoms. The standard InChI is InChI=1S/C27H26N2O3/c1-5-31-26-19(4)27-22(23(16-32-27)20-11-9-17(2)10-12-20)15-21(26)18(3)14-25(30)29-24-8-6-7-13-28-24/h6-16H,5H2,1-4H3,(H,28,29,30)/b18-14+. The first-order valence-corrected chi connectivity index (χ1v) is 10.6. The molecule has 2 heterocycles. The van der Waals surface area contributed by atoms with Crippen molar-refractivity contribution in [1.29, 1.82) is 0 Å². The van der Waals surface area contributed by atoms with E-state index >= 15 is 0 Å². The van der Waals surface area contributed by atoms with E-state index in [9.17, 15) is 4.79 Å². The minimum absolute atomic E-state index is 0.243. The van der Waals surface area contributed by atoms with Gasteiger partial charge >= 0.3 is 0 Å². The van der Waals surface area contributed by atoms with Crippen molar-refractivity contribution < 1.29 is 13.9 Å². The lowest BCUT2D eigenvalue weighted by molar-refractivity contribution is -0.111. The summed E-state index contributed by atoms with van der Waals surface area (Å²) in [7, 11) is 0. The SMILES string of the molecule is CCOc1c(/C(C)=C/C(=O)Nc2ccccn2)cc2c(-c3ccc(C)cc3)coc2c1C. The van der Waals surface area contributed by atoms with Crippen LogP contribution in [0.4, 0.5) is 5.82 Å². The van der Waals surface area contributed by atoms with Gasteiger partial charge < -0.3 is 14.5 Å². The fourth-order valence-corrected chi connectivity index (χ4v) is 3.77. The number of allylic oxidation sites excluding steroid dienone is 1. The summed E-state index contributed by atoms with van der Waals surface area (Å²) < 4.78 is 11.9. The Morgan fingerprint density at radius 1 is 1.16 bits per heavy atom. The summed E-state index contributed by atoms with van der Waals surface area (Å²) in [4.78, 5) is 16.7. The number of carbonyl (C=O) groups excluding carboxylic acids is 1. The number of fused-ring (bicyclic) bond motifs is 1. The summed E-state index contributed by atoms with van der Waals surface area (Å²) in [5, 5.41) is 3.79. The molecule has 0 radical (unpaired) electrons. The van der Waals surface area contributed by atoms with E-state index in [-0.39, 0.29) is 5.91 Å². The smallest absolute Gasteiger partial charge is 0.249 e. The number of aromatic nitrogens is 1.